The maximum absolute atomic E-state index is 11.4. The molecule has 0 rings (SSSR count). The zero-order valence-electron chi connectivity index (χ0n) is 9.29. The standard InChI is InChI=1S/C11H18O3/c1-7(2)9(5)10(12)6-14-11(13)8(3)4/h7,9H,3,6H2,1-2,4-5H3. The van der Waals surface area contributed by atoms with Crippen molar-refractivity contribution in [3.05, 3.63) is 12.2 Å². The minimum atomic E-state index is -0.505. The second-order valence-corrected chi connectivity index (χ2v) is 3.86. The van der Waals surface area contributed by atoms with Gasteiger partial charge in [-0.25, -0.2) is 4.79 Å². The second-order valence-electron chi connectivity index (χ2n) is 3.86. The van der Waals surface area contributed by atoms with Crippen LogP contribution in [0, 0.1) is 11.8 Å². The van der Waals surface area contributed by atoms with Gasteiger partial charge in [-0.15, -0.1) is 0 Å². The third-order valence-electron chi connectivity index (χ3n) is 2.20. The third kappa shape index (κ3) is 4.21. The Morgan fingerprint density at radius 3 is 2.14 bits per heavy atom. The summed E-state index contributed by atoms with van der Waals surface area (Å²) in [5, 5.41) is 0. The summed E-state index contributed by atoms with van der Waals surface area (Å²) in [7, 11) is 0. The highest BCUT2D eigenvalue weighted by Gasteiger charge is 2.18. The fourth-order valence-electron chi connectivity index (χ4n) is 0.763. The molecule has 0 saturated carbocycles. The second kappa shape index (κ2) is 5.58. The summed E-state index contributed by atoms with van der Waals surface area (Å²) in [5.41, 5.74) is 0.315. The van der Waals surface area contributed by atoms with E-state index in [0.29, 0.717) is 5.57 Å². The number of rotatable bonds is 5. The summed E-state index contributed by atoms with van der Waals surface area (Å²) < 4.78 is 4.75. The molecule has 14 heavy (non-hydrogen) atoms. The van der Waals surface area contributed by atoms with Crippen LogP contribution in [-0.2, 0) is 14.3 Å². The average Bonchev–Trinajstić information content (AvgIpc) is 2.11. The van der Waals surface area contributed by atoms with Gasteiger partial charge in [0.05, 0.1) is 0 Å². The molecule has 0 aliphatic heterocycles. The van der Waals surface area contributed by atoms with Crippen LogP contribution in [0.25, 0.3) is 0 Å². The molecule has 0 aliphatic carbocycles. The Balaban J connectivity index is 3.97. The number of ketones is 1. The number of esters is 1. The Morgan fingerprint density at radius 1 is 1.29 bits per heavy atom. The van der Waals surface area contributed by atoms with Crippen molar-refractivity contribution in [1.82, 2.24) is 0 Å². The van der Waals surface area contributed by atoms with E-state index in [2.05, 4.69) is 6.58 Å². The van der Waals surface area contributed by atoms with Crippen LogP contribution in [0.2, 0.25) is 0 Å². The largest absolute Gasteiger partial charge is 0.454 e. The summed E-state index contributed by atoms with van der Waals surface area (Å²) in [6.07, 6.45) is 0. The normalized spacial score (nSPS) is 12.4. The first-order chi connectivity index (χ1) is 6.36. The molecule has 3 nitrogen and oxygen atoms in total. The van der Waals surface area contributed by atoms with Crippen LogP contribution in [0.5, 0.6) is 0 Å². The zero-order chi connectivity index (χ0) is 11.3. The van der Waals surface area contributed by atoms with Crippen molar-refractivity contribution in [3.63, 3.8) is 0 Å². The number of hydrogen-bond donors (Lipinski definition) is 0. The molecule has 0 bridgehead atoms. The molecule has 1 unspecified atom stereocenters. The van der Waals surface area contributed by atoms with Crippen LogP contribution in [0.1, 0.15) is 27.7 Å². The number of carbonyl (C=O) groups is 2. The van der Waals surface area contributed by atoms with Crippen LogP contribution in [0.3, 0.4) is 0 Å². The van der Waals surface area contributed by atoms with Gasteiger partial charge in [-0.05, 0) is 12.8 Å². The van der Waals surface area contributed by atoms with Gasteiger partial charge in [-0.1, -0.05) is 27.4 Å². The highest BCUT2D eigenvalue weighted by molar-refractivity contribution is 5.90. The molecule has 0 aromatic rings. The van der Waals surface area contributed by atoms with E-state index in [1.165, 1.54) is 0 Å². The van der Waals surface area contributed by atoms with Gasteiger partial charge in [-0.3, -0.25) is 4.79 Å². The summed E-state index contributed by atoms with van der Waals surface area (Å²) in [6, 6.07) is 0. The molecule has 0 radical (unpaired) electrons. The van der Waals surface area contributed by atoms with Crippen LogP contribution in [-0.4, -0.2) is 18.4 Å². The molecule has 0 aliphatic rings. The van der Waals surface area contributed by atoms with Gasteiger partial charge in [0.1, 0.15) is 0 Å². The average molecular weight is 198 g/mol. The Morgan fingerprint density at radius 2 is 1.79 bits per heavy atom. The molecule has 80 valence electrons. The quantitative estimate of drug-likeness (QED) is 0.501. The predicted molar refractivity (Wildman–Crippen MR) is 54.8 cm³/mol. The van der Waals surface area contributed by atoms with Crippen LogP contribution in [0.15, 0.2) is 12.2 Å². The molecule has 0 fully saturated rings. The van der Waals surface area contributed by atoms with E-state index in [-0.39, 0.29) is 24.2 Å². The summed E-state index contributed by atoms with van der Waals surface area (Å²) in [4.78, 5) is 22.4. The van der Waals surface area contributed by atoms with E-state index in [1.54, 1.807) is 6.92 Å². The molecule has 0 aromatic heterocycles. The minimum absolute atomic E-state index is 0.0467. The monoisotopic (exact) mass is 198 g/mol. The molecule has 0 N–H and O–H groups in total. The SMILES string of the molecule is C=C(C)C(=O)OCC(=O)C(C)C(C)C. The van der Waals surface area contributed by atoms with Gasteiger partial charge in [-0.2, -0.15) is 0 Å². The van der Waals surface area contributed by atoms with Crippen LogP contribution in [0.4, 0.5) is 0 Å². The van der Waals surface area contributed by atoms with Crippen molar-refractivity contribution in [3.8, 4) is 0 Å². The van der Waals surface area contributed by atoms with Gasteiger partial charge in [0.2, 0.25) is 0 Å². The van der Waals surface area contributed by atoms with Crippen molar-refractivity contribution >= 4 is 11.8 Å². The molecular formula is C11H18O3. The number of hydrogen-bond acceptors (Lipinski definition) is 3. The summed E-state index contributed by atoms with van der Waals surface area (Å²) >= 11 is 0. The van der Waals surface area contributed by atoms with Crippen LogP contribution < -0.4 is 0 Å². The Kier molecular flexibility index (Phi) is 5.13. The Hall–Kier alpha value is -1.12. The first-order valence-electron chi connectivity index (χ1n) is 4.71. The van der Waals surface area contributed by atoms with Gasteiger partial charge in [0, 0.05) is 11.5 Å². The number of Topliss-reactive ketones (excluding diaryl/α,β-unsaturated/α-hetero) is 1. The van der Waals surface area contributed by atoms with Gasteiger partial charge < -0.3 is 4.74 Å². The van der Waals surface area contributed by atoms with Gasteiger partial charge in [0.15, 0.2) is 12.4 Å². The summed E-state index contributed by atoms with van der Waals surface area (Å²) in [5.74, 6) is -0.358. The first kappa shape index (κ1) is 12.9. The lowest BCUT2D eigenvalue weighted by Gasteiger charge is -2.13. The van der Waals surface area contributed by atoms with E-state index >= 15 is 0 Å². The maximum atomic E-state index is 11.4. The lowest BCUT2D eigenvalue weighted by molar-refractivity contribution is -0.145. The number of carbonyl (C=O) groups excluding carboxylic acids is 2. The van der Waals surface area contributed by atoms with Gasteiger partial charge >= 0.3 is 5.97 Å². The molecular weight excluding hydrogens is 180 g/mol. The van der Waals surface area contributed by atoms with E-state index in [4.69, 9.17) is 4.74 Å². The van der Waals surface area contributed by atoms with Crippen LogP contribution >= 0.6 is 0 Å². The molecule has 1 atom stereocenters. The molecule has 0 amide bonds. The van der Waals surface area contributed by atoms with E-state index < -0.39 is 5.97 Å². The Bertz CT molecular complexity index is 241. The van der Waals surface area contributed by atoms with E-state index in [9.17, 15) is 9.59 Å². The smallest absolute Gasteiger partial charge is 0.333 e. The van der Waals surface area contributed by atoms with Crippen molar-refractivity contribution in [2.75, 3.05) is 6.61 Å². The fourth-order valence-corrected chi connectivity index (χ4v) is 0.763. The minimum Gasteiger partial charge on any atom is -0.454 e. The molecule has 0 spiro atoms. The first-order valence-corrected chi connectivity index (χ1v) is 4.71. The van der Waals surface area contributed by atoms with Crippen molar-refractivity contribution in [2.24, 2.45) is 11.8 Å². The van der Waals surface area contributed by atoms with Crippen molar-refractivity contribution < 1.29 is 14.3 Å². The fraction of sp³-hybridized carbons (Fsp3) is 0.636. The zero-order valence-corrected chi connectivity index (χ0v) is 9.29. The highest BCUT2D eigenvalue weighted by Crippen LogP contribution is 2.10. The third-order valence-corrected chi connectivity index (χ3v) is 2.20. The number of ether oxygens (including phenoxy) is 1. The molecule has 3 heteroatoms. The highest BCUT2D eigenvalue weighted by atomic mass is 16.5. The molecule has 0 heterocycles. The lowest BCUT2D eigenvalue weighted by Crippen LogP contribution is -2.23. The topological polar surface area (TPSA) is 43.4 Å². The van der Waals surface area contributed by atoms with Crippen molar-refractivity contribution in [1.29, 1.82) is 0 Å². The van der Waals surface area contributed by atoms with E-state index in [0.717, 1.165) is 0 Å². The summed E-state index contributed by atoms with van der Waals surface area (Å²) in [6.45, 7) is 10.6. The van der Waals surface area contributed by atoms with Gasteiger partial charge in [0.25, 0.3) is 0 Å². The Labute approximate surface area is 85.1 Å². The molecule has 0 aromatic carbocycles. The lowest BCUT2D eigenvalue weighted by atomic mass is 9.94. The van der Waals surface area contributed by atoms with E-state index in [1.807, 2.05) is 20.8 Å². The van der Waals surface area contributed by atoms with Crippen molar-refractivity contribution in [2.45, 2.75) is 27.7 Å². The maximum Gasteiger partial charge on any atom is 0.333 e. The predicted octanol–water partition coefficient (Wildman–Crippen LogP) is 1.97. The molecule has 0 saturated heterocycles.